The summed E-state index contributed by atoms with van der Waals surface area (Å²) < 4.78 is 8.04. The minimum atomic E-state index is 0.0243. The van der Waals surface area contributed by atoms with Crippen LogP contribution < -0.4 is 5.32 Å². The van der Waals surface area contributed by atoms with Gasteiger partial charge in [-0.2, -0.15) is 0 Å². The van der Waals surface area contributed by atoms with E-state index in [1.165, 1.54) is 0 Å². The predicted molar refractivity (Wildman–Crippen MR) is 89.0 cm³/mol. The van der Waals surface area contributed by atoms with Gasteiger partial charge in [0.2, 0.25) is 0 Å². The van der Waals surface area contributed by atoms with Gasteiger partial charge < -0.3 is 9.73 Å². The molecule has 0 aliphatic rings. The fraction of sp³-hybridized carbons (Fsp3) is 0.125. The Morgan fingerprint density at radius 3 is 2.35 bits per heavy atom. The van der Waals surface area contributed by atoms with Crippen molar-refractivity contribution >= 4 is 42.8 Å². The smallest absolute Gasteiger partial charge is 0.134 e. The first kappa shape index (κ1) is 13.9. The second kappa shape index (κ2) is 5.72. The molecule has 0 radical (unpaired) electrons. The highest BCUT2D eigenvalue weighted by atomic mass is 79.9. The second-order valence-electron chi connectivity index (χ2n) is 4.61. The van der Waals surface area contributed by atoms with Crippen molar-refractivity contribution in [3.05, 3.63) is 68.8 Å². The van der Waals surface area contributed by atoms with Crippen molar-refractivity contribution in [3.63, 3.8) is 0 Å². The second-order valence-corrected chi connectivity index (χ2v) is 6.44. The monoisotopic (exact) mass is 393 g/mol. The molecule has 0 saturated carbocycles. The van der Waals surface area contributed by atoms with Crippen molar-refractivity contribution in [2.45, 2.75) is 6.04 Å². The molecule has 0 aliphatic heterocycles. The van der Waals surface area contributed by atoms with E-state index in [1.807, 2.05) is 31.3 Å². The first-order valence-corrected chi connectivity index (χ1v) is 7.87. The van der Waals surface area contributed by atoms with Crippen LogP contribution in [0.5, 0.6) is 0 Å². The Labute approximate surface area is 134 Å². The molecule has 0 bridgehead atoms. The number of furan rings is 1. The number of benzene rings is 2. The number of rotatable bonds is 3. The lowest BCUT2D eigenvalue weighted by atomic mass is 10.0. The molecule has 0 spiro atoms. The zero-order chi connectivity index (χ0) is 14.1. The van der Waals surface area contributed by atoms with Gasteiger partial charge in [-0.3, -0.25) is 0 Å². The number of para-hydroxylation sites is 1. The van der Waals surface area contributed by atoms with E-state index in [-0.39, 0.29) is 6.04 Å². The Balaban J connectivity index is 2.08. The van der Waals surface area contributed by atoms with E-state index in [9.17, 15) is 0 Å². The topological polar surface area (TPSA) is 25.2 Å². The zero-order valence-corrected chi connectivity index (χ0v) is 14.0. The molecule has 0 fully saturated rings. The van der Waals surface area contributed by atoms with E-state index >= 15 is 0 Å². The van der Waals surface area contributed by atoms with Crippen LogP contribution in [0, 0.1) is 0 Å². The van der Waals surface area contributed by atoms with Crippen molar-refractivity contribution in [2.24, 2.45) is 0 Å². The number of hydrogen-bond donors (Lipinski definition) is 1. The summed E-state index contributed by atoms with van der Waals surface area (Å²) in [5.41, 5.74) is 2.06. The van der Waals surface area contributed by atoms with Gasteiger partial charge in [-0.05, 0) is 42.9 Å². The fourth-order valence-electron chi connectivity index (χ4n) is 2.36. The van der Waals surface area contributed by atoms with E-state index < -0.39 is 0 Å². The van der Waals surface area contributed by atoms with Gasteiger partial charge in [0.25, 0.3) is 0 Å². The van der Waals surface area contributed by atoms with Crippen LogP contribution in [-0.2, 0) is 0 Å². The Bertz CT molecular complexity index is 698. The molecule has 1 aromatic heterocycles. The van der Waals surface area contributed by atoms with Crippen molar-refractivity contribution in [1.29, 1.82) is 0 Å². The van der Waals surface area contributed by atoms with Gasteiger partial charge in [0.1, 0.15) is 11.3 Å². The van der Waals surface area contributed by atoms with Crippen LogP contribution in [0.3, 0.4) is 0 Å². The summed E-state index contributed by atoms with van der Waals surface area (Å²) in [7, 11) is 1.94. The highest BCUT2D eigenvalue weighted by molar-refractivity contribution is 9.11. The average molecular weight is 395 g/mol. The van der Waals surface area contributed by atoms with Crippen LogP contribution in [0.25, 0.3) is 11.0 Å². The maximum absolute atomic E-state index is 5.96. The first-order valence-electron chi connectivity index (χ1n) is 6.29. The molecule has 2 nitrogen and oxygen atoms in total. The van der Waals surface area contributed by atoms with E-state index in [0.29, 0.717) is 0 Å². The third-order valence-corrected chi connectivity index (χ3v) is 4.15. The Morgan fingerprint density at radius 1 is 1.00 bits per heavy atom. The summed E-state index contributed by atoms with van der Waals surface area (Å²) in [6, 6.07) is 16.4. The molecule has 1 atom stereocenters. The normalized spacial score (nSPS) is 12.8. The van der Waals surface area contributed by atoms with E-state index in [0.717, 1.165) is 31.2 Å². The molecule has 3 rings (SSSR count). The van der Waals surface area contributed by atoms with Gasteiger partial charge in [0.05, 0.1) is 6.04 Å². The Hall–Kier alpha value is -1.10. The maximum atomic E-state index is 5.96. The first-order chi connectivity index (χ1) is 9.67. The molecule has 0 amide bonds. The lowest BCUT2D eigenvalue weighted by Crippen LogP contribution is -2.17. The largest absolute Gasteiger partial charge is 0.459 e. The van der Waals surface area contributed by atoms with Crippen LogP contribution in [-0.4, -0.2) is 7.05 Å². The van der Waals surface area contributed by atoms with E-state index in [1.54, 1.807) is 0 Å². The lowest BCUT2D eigenvalue weighted by Gasteiger charge is -2.15. The molecule has 4 heteroatoms. The van der Waals surface area contributed by atoms with Gasteiger partial charge in [0.15, 0.2) is 0 Å². The number of nitrogens with one attached hydrogen (secondary N) is 1. The summed E-state index contributed by atoms with van der Waals surface area (Å²) in [5.74, 6) is 0.915. The molecule has 2 aromatic carbocycles. The molecule has 1 heterocycles. The molecule has 1 unspecified atom stereocenters. The van der Waals surface area contributed by atoms with Crippen molar-refractivity contribution in [1.82, 2.24) is 5.32 Å². The van der Waals surface area contributed by atoms with Crippen LogP contribution in [0.1, 0.15) is 17.4 Å². The summed E-state index contributed by atoms with van der Waals surface area (Å²) in [6.07, 6.45) is 0. The minimum Gasteiger partial charge on any atom is -0.459 e. The van der Waals surface area contributed by atoms with Crippen LogP contribution in [0.15, 0.2) is 61.9 Å². The summed E-state index contributed by atoms with van der Waals surface area (Å²) in [4.78, 5) is 0. The lowest BCUT2D eigenvalue weighted by molar-refractivity contribution is 0.491. The minimum absolute atomic E-state index is 0.0243. The molecule has 0 saturated heterocycles. The Morgan fingerprint density at radius 2 is 1.70 bits per heavy atom. The van der Waals surface area contributed by atoms with Crippen molar-refractivity contribution < 1.29 is 4.42 Å². The van der Waals surface area contributed by atoms with Gasteiger partial charge in [-0.1, -0.05) is 50.1 Å². The SMILES string of the molecule is CNC(c1cc(Br)cc(Br)c1)c1cc2ccccc2o1. The number of fused-ring (bicyclic) bond motifs is 1. The third-order valence-electron chi connectivity index (χ3n) is 3.24. The predicted octanol–water partition coefficient (Wildman–Crippen LogP) is 5.27. The van der Waals surface area contributed by atoms with Gasteiger partial charge in [0, 0.05) is 14.3 Å². The summed E-state index contributed by atoms with van der Waals surface area (Å²) >= 11 is 7.06. The molecule has 1 N–H and O–H groups in total. The van der Waals surface area contributed by atoms with Crippen LogP contribution >= 0.6 is 31.9 Å². The van der Waals surface area contributed by atoms with Gasteiger partial charge >= 0.3 is 0 Å². The quantitative estimate of drug-likeness (QED) is 0.654. The molecular weight excluding hydrogens is 382 g/mol. The Kier molecular flexibility index (Phi) is 3.96. The molecular formula is C16H13Br2NO. The summed E-state index contributed by atoms with van der Waals surface area (Å²) in [5, 5.41) is 4.44. The molecule has 3 aromatic rings. The summed E-state index contributed by atoms with van der Waals surface area (Å²) in [6.45, 7) is 0. The van der Waals surface area contributed by atoms with Gasteiger partial charge in [-0.15, -0.1) is 0 Å². The standard InChI is InChI=1S/C16H13Br2NO/c1-19-16(11-6-12(17)9-13(18)7-11)15-8-10-4-2-3-5-14(10)20-15/h2-9,16,19H,1H3. The third kappa shape index (κ3) is 2.68. The molecule has 102 valence electrons. The molecule has 0 aliphatic carbocycles. The van der Waals surface area contributed by atoms with Crippen LogP contribution in [0.4, 0.5) is 0 Å². The van der Waals surface area contributed by atoms with E-state index in [4.69, 9.17) is 4.42 Å². The maximum Gasteiger partial charge on any atom is 0.134 e. The fourth-order valence-corrected chi connectivity index (χ4v) is 3.69. The van der Waals surface area contributed by atoms with Crippen molar-refractivity contribution in [3.8, 4) is 0 Å². The molecule has 20 heavy (non-hydrogen) atoms. The highest BCUT2D eigenvalue weighted by Crippen LogP contribution is 2.31. The van der Waals surface area contributed by atoms with Gasteiger partial charge in [-0.25, -0.2) is 0 Å². The number of halogens is 2. The number of hydrogen-bond acceptors (Lipinski definition) is 2. The zero-order valence-electron chi connectivity index (χ0n) is 10.9. The van der Waals surface area contributed by atoms with Crippen molar-refractivity contribution in [2.75, 3.05) is 7.05 Å². The van der Waals surface area contributed by atoms with Crippen LogP contribution in [0.2, 0.25) is 0 Å². The van der Waals surface area contributed by atoms with E-state index in [2.05, 4.69) is 61.4 Å². The average Bonchev–Trinajstić information content (AvgIpc) is 2.81. The highest BCUT2D eigenvalue weighted by Gasteiger charge is 2.17.